The first-order valence-electron chi connectivity index (χ1n) is 6.28. The molecule has 0 aliphatic rings. The molecule has 0 aliphatic heterocycles. The average Bonchev–Trinajstić information content (AvgIpc) is 2.17. The second-order valence-electron chi connectivity index (χ2n) is 5.15. The molecule has 0 amide bonds. The highest BCUT2D eigenvalue weighted by atomic mass is 14.6. The quantitative estimate of drug-likeness (QED) is 0.588. The van der Waals surface area contributed by atoms with E-state index in [1.54, 1.807) is 0 Å². The summed E-state index contributed by atoms with van der Waals surface area (Å²) in [7, 11) is 0. The van der Waals surface area contributed by atoms with Crippen LogP contribution in [0.25, 0.3) is 0 Å². The smallest absolute Gasteiger partial charge is 0.00232 e. The maximum absolute atomic E-state index is 5.81. The maximum Gasteiger partial charge on any atom is -0.00232 e. The second kappa shape index (κ2) is 7.28. The molecule has 0 fully saturated rings. The van der Waals surface area contributed by atoms with Crippen LogP contribution in [0.15, 0.2) is 0 Å². The van der Waals surface area contributed by atoms with Gasteiger partial charge in [0.2, 0.25) is 0 Å². The molecule has 0 spiro atoms. The fourth-order valence-corrected chi connectivity index (χ4v) is 2.13. The van der Waals surface area contributed by atoms with E-state index in [0.29, 0.717) is 5.41 Å². The van der Waals surface area contributed by atoms with Gasteiger partial charge < -0.3 is 5.73 Å². The summed E-state index contributed by atoms with van der Waals surface area (Å²) in [6, 6.07) is 0. The van der Waals surface area contributed by atoms with Gasteiger partial charge in [-0.1, -0.05) is 59.8 Å². The van der Waals surface area contributed by atoms with E-state index in [9.17, 15) is 0 Å². The zero-order valence-corrected chi connectivity index (χ0v) is 10.6. The van der Waals surface area contributed by atoms with E-state index in [1.165, 1.54) is 38.5 Å². The van der Waals surface area contributed by atoms with Gasteiger partial charge in [-0.2, -0.15) is 0 Å². The van der Waals surface area contributed by atoms with E-state index in [1.807, 2.05) is 0 Å². The van der Waals surface area contributed by atoms with Gasteiger partial charge in [0.15, 0.2) is 0 Å². The van der Waals surface area contributed by atoms with Crippen LogP contribution in [0.5, 0.6) is 0 Å². The third-order valence-electron chi connectivity index (χ3n) is 3.53. The summed E-state index contributed by atoms with van der Waals surface area (Å²) in [6.07, 6.45) is 8.14. The summed E-state index contributed by atoms with van der Waals surface area (Å²) in [6.45, 7) is 9.99. The SMILES string of the molecule is CCCCCCC(CC)C(C)(C)CN. The van der Waals surface area contributed by atoms with E-state index >= 15 is 0 Å². The Hall–Kier alpha value is -0.0400. The lowest BCUT2D eigenvalue weighted by atomic mass is 9.75. The van der Waals surface area contributed by atoms with Crippen molar-refractivity contribution in [2.24, 2.45) is 17.1 Å². The van der Waals surface area contributed by atoms with E-state index in [2.05, 4.69) is 27.7 Å². The third-order valence-corrected chi connectivity index (χ3v) is 3.53. The van der Waals surface area contributed by atoms with Crippen molar-refractivity contribution in [3.05, 3.63) is 0 Å². The van der Waals surface area contributed by atoms with Crippen molar-refractivity contribution in [2.75, 3.05) is 6.54 Å². The zero-order chi connectivity index (χ0) is 11.0. The molecule has 1 atom stereocenters. The van der Waals surface area contributed by atoms with Crippen molar-refractivity contribution in [3.63, 3.8) is 0 Å². The van der Waals surface area contributed by atoms with Crippen molar-refractivity contribution in [2.45, 2.75) is 66.2 Å². The molecule has 0 aromatic rings. The molecule has 0 bridgehead atoms. The van der Waals surface area contributed by atoms with Gasteiger partial charge in [-0.15, -0.1) is 0 Å². The van der Waals surface area contributed by atoms with Gasteiger partial charge in [-0.3, -0.25) is 0 Å². The summed E-state index contributed by atoms with van der Waals surface area (Å²) in [5.74, 6) is 0.810. The molecule has 14 heavy (non-hydrogen) atoms. The summed E-state index contributed by atoms with van der Waals surface area (Å²) >= 11 is 0. The Morgan fingerprint density at radius 2 is 1.71 bits per heavy atom. The van der Waals surface area contributed by atoms with Crippen LogP contribution in [-0.2, 0) is 0 Å². The molecular formula is C13H29N. The van der Waals surface area contributed by atoms with Gasteiger partial charge in [-0.05, 0) is 24.3 Å². The molecule has 0 radical (unpaired) electrons. The lowest BCUT2D eigenvalue weighted by molar-refractivity contribution is 0.197. The Balaban J connectivity index is 3.79. The Kier molecular flexibility index (Phi) is 7.26. The lowest BCUT2D eigenvalue weighted by Crippen LogP contribution is -2.32. The van der Waals surface area contributed by atoms with Crippen molar-refractivity contribution >= 4 is 0 Å². The number of unbranched alkanes of at least 4 members (excludes halogenated alkanes) is 3. The topological polar surface area (TPSA) is 26.0 Å². The van der Waals surface area contributed by atoms with E-state index in [0.717, 1.165) is 12.5 Å². The number of nitrogens with two attached hydrogens (primary N) is 1. The van der Waals surface area contributed by atoms with Crippen LogP contribution in [0.4, 0.5) is 0 Å². The molecule has 0 saturated carbocycles. The van der Waals surface area contributed by atoms with Gasteiger partial charge in [0.1, 0.15) is 0 Å². The summed E-state index contributed by atoms with van der Waals surface area (Å²) < 4.78 is 0. The van der Waals surface area contributed by atoms with Gasteiger partial charge in [0, 0.05) is 0 Å². The van der Waals surface area contributed by atoms with Crippen molar-refractivity contribution in [1.29, 1.82) is 0 Å². The van der Waals surface area contributed by atoms with Gasteiger partial charge in [-0.25, -0.2) is 0 Å². The Bertz CT molecular complexity index is 129. The van der Waals surface area contributed by atoms with Gasteiger partial charge >= 0.3 is 0 Å². The molecule has 0 saturated heterocycles. The van der Waals surface area contributed by atoms with Crippen LogP contribution in [0.2, 0.25) is 0 Å². The van der Waals surface area contributed by atoms with E-state index in [4.69, 9.17) is 5.73 Å². The molecule has 1 unspecified atom stereocenters. The molecule has 0 aromatic heterocycles. The molecule has 2 N–H and O–H groups in total. The molecule has 86 valence electrons. The van der Waals surface area contributed by atoms with Gasteiger partial charge in [0.05, 0.1) is 0 Å². The van der Waals surface area contributed by atoms with Crippen LogP contribution < -0.4 is 5.73 Å². The predicted molar refractivity (Wildman–Crippen MR) is 65.4 cm³/mol. The zero-order valence-electron chi connectivity index (χ0n) is 10.6. The Labute approximate surface area is 90.5 Å². The maximum atomic E-state index is 5.81. The third kappa shape index (κ3) is 4.99. The second-order valence-corrected chi connectivity index (χ2v) is 5.15. The molecular weight excluding hydrogens is 170 g/mol. The van der Waals surface area contributed by atoms with Crippen LogP contribution in [0.3, 0.4) is 0 Å². The van der Waals surface area contributed by atoms with E-state index < -0.39 is 0 Å². The number of hydrogen-bond acceptors (Lipinski definition) is 1. The summed E-state index contributed by atoms with van der Waals surface area (Å²) in [5.41, 5.74) is 6.15. The van der Waals surface area contributed by atoms with Crippen molar-refractivity contribution in [1.82, 2.24) is 0 Å². The minimum atomic E-state index is 0.334. The standard InChI is InChI=1S/C13H29N/c1-5-7-8-9-10-12(6-2)13(3,4)11-14/h12H,5-11,14H2,1-4H3. The largest absolute Gasteiger partial charge is 0.330 e. The van der Waals surface area contributed by atoms with Crippen LogP contribution in [-0.4, -0.2) is 6.54 Å². The molecule has 1 nitrogen and oxygen atoms in total. The number of rotatable bonds is 8. The first-order chi connectivity index (χ1) is 6.58. The normalized spacial score (nSPS) is 14.4. The van der Waals surface area contributed by atoms with Gasteiger partial charge in [0.25, 0.3) is 0 Å². The predicted octanol–water partition coefficient (Wildman–Crippen LogP) is 3.97. The summed E-state index contributed by atoms with van der Waals surface area (Å²) in [5, 5.41) is 0. The van der Waals surface area contributed by atoms with E-state index in [-0.39, 0.29) is 0 Å². The molecule has 0 aromatic carbocycles. The molecule has 0 rings (SSSR count). The number of hydrogen-bond donors (Lipinski definition) is 1. The highest BCUT2D eigenvalue weighted by molar-refractivity contribution is 4.78. The van der Waals surface area contributed by atoms with Crippen LogP contribution >= 0.6 is 0 Å². The highest BCUT2D eigenvalue weighted by Gasteiger charge is 2.25. The monoisotopic (exact) mass is 199 g/mol. The van der Waals surface area contributed by atoms with Crippen molar-refractivity contribution < 1.29 is 0 Å². The van der Waals surface area contributed by atoms with Crippen LogP contribution in [0, 0.1) is 11.3 Å². The first-order valence-corrected chi connectivity index (χ1v) is 6.28. The Morgan fingerprint density at radius 1 is 1.07 bits per heavy atom. The lowest BCUT2D eigenvalue weighted by Gasteiger charge is -2.32. The fraction of sp³-hybridized carbons (Fsp3) is 1.00. The fourth-order valence-electron chi connectivity index (χ4n) is 2.13. The van der Waals surface area contributed by atoms with Crippen molar-refractivity contribution in [3.8, 4) is 0 Å². The molecule has 1 heteroatoms. The summed E-state index contributed by atoms with van der Waals surface area (Å²) in [4.78, 5) is 0. The molecule has 0 heterocycles. The average molecular weight is 199 g/mol. The Morgan fingerprint density at radius 3 is 2.14 bits per heavy atom. The first kappa shape index (κ1) is 14.0. The highest BCUT2D eigenvalue weighted by Crippen LogP contribution is 2.32. The minimum absolute atomic E-state index is 0.334. The minimum Gasteiger partial charge on any atom is -0.330 e. The molecule has 0 aliphatic carbocycles. The van der Waals surface area contributed by atoms with Crippen LogP contribution in [0.1, 0.15) is 66.2 Å².